The van der Waals surface area contributed by atoms with Crippen LogP contribution in [0.2, 0.25) is 0 Å². The van der Waals surface area contributed by atoms with Crippen molar-refractivity contribution in [2.45, 2.75) is 0 Å². The van der Waals surface area contributed by atoms with Gasteiger partial charge in [0.2, 0.25) is 17.2 Å². The molecule has 0 aliphatic rings. The smallest absolute Gasteiger partial charge is 0.205 e. The van der Waals surface area contributed by atoms with Crippen molar-refractivity contribution in [3.63, 3.8) is 0 Å². The lowest BCUT2D eigenvalue weighted by atomic mass is 9.84. The Morgan fingerprint density at radius 3 is 1.39 bits per heavy atom. The molecule has 8 heteroatoms. The maximum atomic E-state index is 11.5. The van der Waals surface area contributed by atoms with Crippen LogP contribution >= 0.6 is 11.3 Å². The van der Waals surface area contributed by atoms with Gasteiger partial charge in [0, 0.05) is 11.1 Å². The number of benzene rings is 7. The van der Waals surface area contributed by atoms with E-state index in [0.717, 1.165) is 55.1 Å². The van der Waals surface area contributed by atoms with Crippen LogP contribution < -0.4 is 0 Å². The number of rotatable bonds is 3. The number of phenolic OH excluding ortho intramolecular Hbond substituents is 7. The molecule has 0 spiro atoms. The van der Waals surface area contributed by atoms with Crippen LogP contribution in [-0.4, -0.2) is 35.7 Å². The zero-order valence-corrected chi connectivity index (χ0v) is 24.7. The molecule has 7 nitrogen and oxygen atoms in total. The van der Waals surface area contributed by atoms with Crippen molar-refractivity contribution in [3.05, 3.63) is 103 Å². The van der Waals surface area contributed by atoms with Crippen LogP contribution in [0.15, 0.2) is 103 Å². The Bertz CT molecular complexity index is 2500. The van der Waals surface area contributed by atoms with Crippen molar-refractivity contribution in [1.82, 2.24) is 0 Å². The number of hydrogen-bond donors (Lipinski definition) is 7. The van der Waals surface area contributed by atoms with Gasteiger partial charge in [0.15, 0.2) is 23.0 Å². The molecule has 7 aromatic carbocycles. The second-order valence-electron chi connectivity index (χ2n) is 11.1. The first kappa shape index (κ1) is 27.4. The fraction of sp³-hybridized carbons (Fsp3) is 0. The maximum absolute atomic E-state index is 11.5. The summed E-state index contributed by atoms with van der Waals surface area (Å²) in [6.45, 7) is 0. The molecule has 1 heterocycles. The summed E-state index contributed by atoms with van der Waals surface area (Å²) >= 11 is 0.889. The van der Waals surface area contributed by atoms with Crippen molar-refractivity contribution in [2.24, 2.45) is 0 Å². The highest BCUT2D eigenvalue weighted by molar-refractivity contribution is 7.27. The molecule has 8 rings (SSSR count). The van der Waals surface area contributed by atoms with E-state index >= 15 is 0 Å². The highest BCUT2D eigenvalue weighted by Gasteiger charge is 2.31. The molecular formula is C38H24O7S. The van der Waals surface area contributed by atoms with E-state index < -0.39 is 40.2 Å². The molecule has 0 amide bonds. The summed E-state index contributed by atoms with van der Waals surface area (Å²) in [5.74, 6) is -5.57. The normalized spacial score (nSPS) is 11.7. The van der Waals surface area contributed by atoms with E-state index in [-0.39, 0.29) is 25.7 Å². The second kappa shape index (κ2) is 9.95. The molecular weight excluding hydrogens is 600 g/mol. The molecule has 0 radical (unpaired) electrons. The summed E-state index contributed by atoms with van der Waals surface area (Å²) in [6, 6.07) is 33.8. The largest absolute Gasteiger partial charge is 0.504 e. The average molecular weight is 625 g/mol. The van der Waals surface area contributed by atoms with Gasteiger partial charge in [-0.1, -0.05) is 97.1 Å². The molecule has 46 heavy (non-hydrogen) atoms. The first-order valence-electron chi connectivity index (χ1n) is 14.4. The van der Waals surface area contributed by atoms with E-state index in [1.165, 1.54) is 0 Å². The van der Waals surface area contributed by atoms with Crippen LogP contribution in [0.3, 0.4) is 0 Å². The van der Waals surface area contributed by atoms with Gasteiger partial charge in [-0.2, -0.15) is 0 Å². The molecule has 0 bridgehead atoms. The summed E-state index contributed by atoms with van der Waals surface area (Å²) in [4.78, 5) is 0. The third kappa shape index (κ3) is 3.71. The highest BCUT2D eigenvalue weighted by atomic mass is 32.1. The third-order valence-electron chi connectivity index (χ3n) is 8.62. The Labute approximate surface area is 265 Å². The summed E-state index contributed by atoms with van der Waals surface area (Å²) in [7, 11) is 0. The molecule has 0 fully saturated rings. The number of hydrogen-bond acceptors (Lipinski definition) is 8. The standard InChI is InChI=1S/C38H24O7S/c39-30-27(37-28(31(40)33(30)42)29-32(41)34(43)35(44)36(45)38(29)46-37)26-23-15-6-4-13-21(23)25(22-14-5-7-16-24(22)26)20-12-8-11-19(17-20)18-9-2-1-3-10-18/h1-17,39-45H. The zero-order chi connectivity index (χ0) is 31.9. The Kier molecular flexibility index (Phi) is 5.93. The molecule has 224 valence electrons. The lowest BCUT2D eigenvalue weighted by molar-refractivity contribution is 0.351. The SMILES string of the molecule is Oc1c(O)c(O)c2c(sc3c(-c4c5ccccc5c(-c5cccc(-c6ccccc6)c5)c5ccccc45)c(O)c(O)c(O)c32)c1O. The monoisotopic (exact) mass is 624 g/mol. The summed E-state index contributed by atoms with van der Waals surface area (Å²) < 4.78 is 0.167. The first-order valence-corrected chi connectivity index (χ1v) is 15.2. The predicted octanol–water partition coefficient (Wildman–Crippen LogP) is 9.30. The highest BCUT2D eigenvalue weighted by Crippen LogP contribution is 2.61. The van der Waals surface area contributed by atoms with Crippen molar-refractivity contribution >= 4 is 53.1 Å². The minimum atomic E-state index is -0.976. The van der Waals surface area contributed by atoms with Gasteiger partial charge in [0.1, 0.15) is 0 Å². The van der Waals surface area contributed by atoms with Gasteiger partial charge in [-0.25, -0.2) is 0 Å². The molecule has 8 aromatic rings. The van der Waals surface area contributed by atoms with Gasteiger partial charge in [-0.05, 0) is 49.9 Å². The lowest BCUT2D eigenvalue weighted by Crippen LogP contribution is -1.92. The molecule has 0 saturated carbocycles. The van der Waals surface area contributed by atoms with Gasteiger partial charge in [-0.15, -0.1) is 11.3 Å². The van der Waals surface area contributed by atoms with E-state index in [1.54, 1.807) is 0 Å². The zero-order valence-electron chi connectivity index (χ0n) is 23.9. The first-order chi connectivity index (χ1) is 22.3. The summed E-state index contributed by atoms with van der Waals surface area (Å²) in [5.41, 5.74) is 4.77. The average Bonchev–Trinajstić information content (AvgIpc) is 3.50. The van der Waals surface area contributed by atoms with Crippen molar-refractivity contribution in [3.8, 4) is 73.6 Å². The number of fused-ring (bicyclic) bond motifs is 5. The molecule has 0 unspecified atom stereocenters. The number of thiophene rings is 1. The van der Waals surface area contributed by atoms with Crippen LogP contribution in [0, 0.1) is 0 Å². The van der Waals surface area contributed by atoms with Crippen molar-refractivity contribution in [1.29, 1.82) is 0 Å². The van der Waals surface area contributed by atoms with Gasteiger partial charge >= 0.3 is 0 Å². The van der Waals surface area contributed by atoms with Crippen LogP contribution in [0.25, 0.3) is 75.1 Å². The minimum absolute atomic E-state index is 0.0488. The van der Waals surface area contributed by atoms with Gasteiger partial charge < -0.3 is 35.7 Å². The number of aromatic hydroxyl groups is 7. The van der Waals surface area contributed by atoms with E-state index in [0.29, 0.717) is 5.56 Å². The Morgan fingerprint density at radius 2 is 0.783 bits per heavy atom. The topological polar surface area (TPSA) is 142 Å². The maximum Gasteiger partial charge on any atom is 0.205 e. The van der Waals surface area contributed by atoms with Crippen LogP contribution in [0.4, 0.5) is 0 Å². The molecule has 1 aromatic heterocycles. The molecule has 0 saturated heterocycles. The van der Waals surface area contributed by atoms with Crippen molar-refractivity contribution < 1.29 is 35.7 Å². The summed E-state index contributed by atoms with van der Waals surface area (Å²) in [6.07, 6.45) is 0. The Hall–Kier alpha value is -6.12. The molecule has 7 N–H and O–H groups in total. The molecule has 0 atom stereocenters. The summed E-state index contributed by atoms with van der Waals surface area (Å²) in [5, 5.41) is 78.8. The fourth-order valence-corrected chi connectivity index (χ4v) is 7.86. The minimum Gasteiger partial charge on any atom is -0.504 e. The number of phenols is 7. The van der Waals surface area contributed by atoms with Crippen LogP contribution in [-0.2, 0) is 0 Å². The Balaban J connectivity index is 1.54. The van der Waals surface area contributed by atoms with E-state index in [1.807, 2.05) is 72.8 Å². The molecule has 0 aliphatic carbocycles. The van der Waals surface area contributed by atoms with E-state index in [2.05, 4.69) is 30.3 Å². The van der Waals surface area contributed by atoms with Gasteiger partial charge in [0.05, 0.1) is 20.2 Å². The van der Waals surface area contributed by atoms with Gasteiger partial charge in [0.25, 0.3) is 0 Å². The second-order valence-corrected chi connectivity index (χ2v) is 12.1. The van der Waals surface area contributed by atoms with Gasteiger partial charge in [-0.3, -0.25) is 0 Å². The van der Waals surface area contributed by atoms with Crippen LogP contribution in [0.1, 0.15) is 0 Å². The predicted molar refractivity (Wildman–Crippen MR) is 182 cm³/mol. The van der Waals surface area contributed by atoms with Crippen molar-refractivity contribution in [2.75, 3.05) is 0 Å². The van der Waals surface area contributed by atoms with E-state index in [9.17, 15) is 35.7 Å². The fourth-order valence-electron chi connectivity index (χ4n) is 6.56. The third-order valence-corrected chi connectivity index (χ3v) is 9.84. The quantitative estimate of drug-likeness (QED) is 0.0590. The Morgan fingerprint density at radius 1 is 0.326 bits per heavy atom. The van der Waals surface area contributed by atoms with E-state index in [4.69, 9.17) is 0 Å². The molecule has 0 aliphatic heterocycles. The lowest BCUT2D eigenvalue weighted by Gasteiger charge is -2.20. The van der Waals surface area contributed by atoms with Crippen LogP contribution in [0.5, 0.6) is 40.2 Å².